The molecule has 3 rings (SSSR count). The summed E-state index contributed by atoms with van der Waals surface area (Å²) in [4.78, 5) is 41.6. The van der Waals surface area contributed by atoms with Gasteiger partial charge in [-0.1, -0.05) is 29.8 Å². The van der Waals surface area contributed by atoms with E-state index >= 15 is 0 Å². The van der Waals surface area contributed by atoms with E-state index < -0.39 is 6.04 Å². The van der Waals surface area contributed by atoms with E-state index in [0.717, 1.165) is 43.5 Å². The van der Waals surface area contributed by atoms with Crippen LogP contribution in [0.25, 0.3) is 0 Å². The van der Waals surface area contributed by atoms with Gasteiger partial charge in [-0.2, -0.15) is 0 Å². The van der Waals surface area contributed by atoms with Gasteiger partial charge in [0.2, 0.25) is 17.7 Å². The van der Waals surface area contributed by atoms with Gasteiger partial charge in [0.15, 0.2) is 0 Å². The zero-order valence-electron chi connectivity index (χ0n) is 17.1. The van der Waals surface area contributed by atoms with Crippen LogP contribution in [0.5, 0.6) is 0 Å². The number of rotatable bonds is 4. The lowest BCUT2D eigenvalue weighted by Crippen LogP contribution is -2.52. The second-order valence-corrected chi connectivity index (χ2v) is 8.12. The second-order valence-electron chi connectivity index (χ2n) is 8.12. The standard InChI is InChI=1S/C22H31N3O3/c1-15-7-9-17(10-8-15)20-18(11-12-19(26)24(20)3)21(27)23-16(2)22(28)25-13-5-4-6-14-25/h7-10,16,18,20H,4-6,11-14H2,1-3H3,(H,23,27). The molecule has 1 aromatic rings. The number of nitrogens with one attached hydrogen (secondary N) is 1. The highest BCUT2D eigenvalue weighted by Crippen LogP contribution is 2.36. The predicted octanol–water partition coefficient (Wildman–Crippen LogP) is 2.42. The molecule has 2 heterocycles. The van der Waals surface area contributed by atoms with Crippen LogP contribution >= 0.6 is 0 Å². The van der Waals surface area contributed by atoms with Gasteiger partial charge in [-0.3, -0.25) is 14.4 Å². The summed E-state index contributed by atoms with van der Waals surface area (Å²) in [5.74, 6) is -0.475. The molecular formula is C22H31N3O3. The van der Waals surface area contributed by atoms with Crippen molar-refractivity contribution in [1.29, 1.82) is 0 Å². The van der Waals surface area contributed by atoms with Gasteiger partial charge >= 0.3 is 0 Å². The molecule has 1 N–H and O–H groups in total. The van der Waals surface area contributed by atoms with E-state index in [2.05, 4.69) is 5.32 Å². The van der Waals surface area contributed by atoms with Crippen molar-refractivity contribution in [3.63, 3.8) is 0 Å². The number of amides is 3. The van der Waals surface area contributed by atoms with Crippen LogP contribution in [0.1, 0.15) is 56.2 Å². The van der Waals surface area contributed by atoms with Crippen molar-refractivity contribution in [2.75, 3.05) is 20.1 Å². The number of hydrogen-bond acceptors (Lipinski definition) is 3. The molecule has 0 aromatic heterocycles. The lowest BCUT2D eigenvalue weighted by molar-refractivity contribution is -0.144. The van der Waals surface area contributed by atoms with Crippen molar-refractivity contribution < 1.29 is 14.4 Å². The summed E-state index contributed by atoms with van der Waals surface area (Å²) in [6.45, 7) is 5.31. The van der Waals surface area contributed by atoms with Gasteiger partial charge < -0.3 is 15.1 Å². The monoisotopic (exact) mass is 385 g/mol. The molecule has 0 aliphatic carbocycles. The number of carbonyl (C=O) groups excluding carboxylic acids is 3. The second kappa shape index (κ2) is 8.76. The average molecular weight is 386 g/mol. The van der Waals surface area contributed by atoms with Crippen LogP contribution < -0.4 is 5.32 Å². The van der Waals surface area contributed by atoms with Crippen LogP contribution in [0.3, 0.4) is 0 Å². The highest BCUT2D eigenvalue weighted by Gasteiger charge is 2.39. The molecule has 6 nitrogen and oxygen atoms in total. The van der Waals surface area contributed by atoms with Gasteiger partial charge in [-0.25, -0.2) is 0 Å². The average Bonchev–Trinajstić information content (AvgIpc) is 2.70. The van der Waals surface area contributed by atoms with Crippen LogP contribution in [0.15, 0.2) is 24.3 Å². The Morgan fingerprint density at radius 1 is 1.11 bits per heavy atom. The Balaban J connectivity index is 1.73. The highest BCUT2D eigenvalue weighted by atomic mass is 16.2. The first-order valence-electron chi connectivity index (χ1n) is 10.3. The fraction of sp³-hybridized carbons (Fsp3) is 0.591. The molecule has 3 atom stereocenters. The molecule has 0 bridgehead atoms. The first-order valence-corrected chi connectivity index (χ1v) is 10.3. The van der Waals surface area contributed by atoms with E-state index in [9.17, 15) is 14.4 Å². The lowest BCUT2D eigenvalue weighted by atomic mass is 9.83. The van der Waals surface area contributed by atoms with Crippen molar-refractivity contribution in [3.8, 4) is 0 Å². The Morgan fingerprint density at radius 2 is 1.75 bits per heavy atom. The van der Waals surface area contributed by atoms with Gasteiger partial charge in [0.1, 0.15) is 6.04 Å². The molecule has 3 amide bonds. The molecule has 2 aliphatic heterocycles. The fourth-order valence-electron chi connectivity index (χ4n) is 4.30. The Kier molecular flexibility index (Phi) is 6.37. The van der Waals surface area contributed by atoms with Crippen LogP contribution in [-0.4, -0.2) is 53.7 Å². The van der Waals surface area contributed by atoms with Crippen molar-refractivity contribution in [3.05, 3.63) is 35.4 Å². The van der Waals surface area contributed by atoms with E-state index in [4.69, 9.17) is 0 Å². The molecule has 2 fully saturated rings. The maximum atomic E-state index is 13.1. The first kappa shape index (κ1) is 20.4. The largest absolute Gasteiger partial charge is 0.344 e. The third kappa shape index (κ3) is 4.37. The van der Waals surface area contributed by atoms with Crippen molar-refractivity contribution >= 4 is 17.7 Å². The minimum Gasteiger partial charge on any atom is -0.344 e. The van der Waals surface area contributed by atoms with Gasteiger partial charge in [-0.05, 0) is 45.1 Å². The van der Waals surface area contributed by atoms with Crippen LogP contribution in [0.4, 0.5) is 0 Å². The minimum absolute atomic E-state index is 0.0137. The van der Waals surface area contributed by atoms with E-state index in [-0.39, 0.29) is 29.7 Å². The van der Waals surface area contributed by atoms with Crippen molar-refractivity contribution in [2.24, 2.45) is 5.92 Å². The summed E-state index contributed by atoms with van der Waals surface area (Å²) in [6.07, 6.45) is 4.06. The number of nitrogens with zero attached hydrogens (tertiary/aromatic N) is 2. The quantitative estimate of drug-likeness (QED) is 0.865. The number of piperidine rings is 2. The van der Waals surface area contributed by atoms with Crippen LogP contribution in [0.2, 0.25) is 0 Å². The van der Waals surface area contributed by atoms with Gasteiger partial charge in [-0.15, -0.1) is 0 Å². The molecule has 2 aliphatic rings. The summed E-state index contributed by atoms with van der Waals surface area (Å²) in [5, 5.41) is 2.93. The van der Waals surface area contributed by atoms with Gasteiger partial charge in [0, 0.05) is 26.6 Å². The topological polar surface area (TPSA) is 69.7 Å². The summed E-state index contributed by atoms with van der Waals surface area (Å²) in [6, 6.07) is 7.11. The van der Waals surface area contributed by atoms with E-state index in [1.807, 2.05) is 36.1 Å². The zero-order valence-corrected chi connectivity index (χ0v) is 17.1. The molecule has 3 unspecified atom stereocenters. The molecular weight excluding hydrogens is 354 g/mol. The maximum Gasteiger partial charge on any atom is 0.244 e. The summed E-state index contributed by atoms with van der Waals surface area (Å²) < 4.78 is 0. The smallest absolute Gasteiger partial charge is 0.244 e. The van der Waals surface area contributed by atoms with Crippen molar-refractivity contribution in [2.45, 2.75) is 58.0 Å². The normalized spacial score (nSPS) is 24.0. The number of aryl methyl sites for hydroxylation is 1. The number of benzene rings is 1. The molecule has 152 valence electrons. The lowest BCUT2D eigenvalue weighted by Gasteiger charge is -2.39. The third-order valence-corrected chi connectivity index (χ3v) is 6.01. The molecule has 1 aromatic carbocycles. The van der Waals surface area contributed by atoms with Crippen LogP contribution in [-0.2, 0) is 14.4 Å². The number of hydrogen-bond donors (Lipinski definition) is 1. The molecule has 0 spiro atoms. The van der Waals surface area contributed by atoms with Crippen molar-refractivity contribution in [1.82, 2.24) is 15.1 Å². The SMILES string of the molecule is Cc1ccc(C2C(C(=O)NC(C)C(=O)N3CCCCC3)CCC(=O)N2C)cc1. The Morgan fingerprint density at radius 3 is 2.39 bits per heavy atom. The van der Waals surface area contributed by atoms with E-state index in [1.165, 1.54) is 0 Å². The molecule has 28 heavy (non-hydrogen) atoms. The Labute approximate surface area is 167 Å². The zero-order chi connectivity index (χ0) is 20.3. The summed E-state index contributed by atoms with van der Waals surface area (Å²) in [5.41, 5.74) is 2.09. The molecule has 0 saturated carbocycles. The minimum atomic E-state index is -0.549. The van der Waals surface area contributed by atoms with E-state index in [0.29, 0.717) is 12.8 Å². The number of likely N-dealkylation sites (tertiary alicyclic amines) is 2. The maximum absolute atomic E-state index is 13.1. The van der Waals surface area contributed by atoms with E-state index in [1.54, 1.807) is 18.9 Å². The number of carbonyl (C=O) groups is 3. The highest BCUT2D eigenvalue weighted by molar-refractivity contribution is 5.90. The third-order valence-electron chi connectivity index (χ3n) is 6.01. The first-order chi connectivity index (χ1) is 13.4. The fourth-order valence-corrected chi connectivity index (χ4v) is 4.30. The van der Waals surface area contributed by atoms with Gasteiger partial charge in [0.25, 0.3) is 0 Å². The van der Waals surface area contributed by atoms with Gasteiger partial charge in [0.05, 0.1) is 12.0 Å². The molecule has 0 radical (unpaired) electrons. The Bertz CT molecular complexity index is 725. The molecule has 2 saturated heterocycles. The summed E-state index contributed by atoms with van der Waals surface area (Å²) >= 11 is 0. The molecule has 6 heteroatoms. The van der Waals surface area contributed by atoms with Crippen LogP contribution in [0, 0.1) is 12.8 Å². The predicted molar refractivity (Wildman–Crippen MR) is 107 cm³/mol. The Hall–Kier alpha value is -2.37. The summed E-state index contributed by atoms with van der Waals surface area (Å²) in [7, 11) is 1.76.